The number of guanidine groups is 1. The van der Waals surface area contributed by atoms with Crippen LogP contribution < -0.4 is 38.2 Å². The minimum Gasteiger partial charge on any atom is -0.508 e. The summed E-state index contributed by atoms with van der Waals surface area (Å²) in [6, 6.07) is 9.96. The van der Waals surface area contributed by atoms with Gasteiger partial charge in [0.05, 0.1) is 18.5 Å². The molecule has 2 aromatic rings. The number of carbonyl (C=O) groups excluding carboxylic acids is 2. The Labute approximate surface area is 298 Å². The van der Waals surface area contributed by atoms with E-state index in [1.807, 2.05) is 5.32 Å². The molecule has 2 aliphatic rings. The number of carboxylic acid groups (broad SMARTS) is 3. The maximum Gasteiger partial charge on any atom is 0.336 e. The second kappa shape index (κ2) is 16.8. The molecule has 19 heteroatoms. The van der Waals surface area contributed by atoms with Gasteiger partial charge in [-0.3, -0.25) is 24.2 Å². The van der Waals surface area contributed by atoms with Crippen LogP contribution in [0.3, 0.4) is 0 Å². The zero-order chi connectivity index (χ0) is 38.1. The number of carbonyl (C=O) groups is 5. The number of hydrogen-bond donors (Lipinski definition) is 10. The number of fused-ring (bicyclic) bond motifs is 2. The molecule has 0 unspecified atom stereocenters. The van der Waals surface area contributed by atoms with Crippen LogP contribution in [0.15, 0.2) is 68.8 Å². The molecule has 12 N–H and O–H groups in total. The molecule has 0 spiro atoms. The maximum absolute atomic E-state index is 13.1. The Morgan fingerprint density at radius 2 is 1.63 bits per heavy atom. The van der Waals surface area contributed by atoms with Crippen molar-refractivity contribution < 1.29 is 48.8 Å². The first-order valence-electron chi connectivity index (χ1n) is 15.3. The molecule has 18 nitrogen and oxygen atoms in total. The molecule has 52 heavy (non-hydrogen) atoms. The molecule has 2 aromatic carbocycles. The predicted molar refractivity (Wildman–Crippen MR) is 191 cm³/mol. The number of nitrogens with zero attached hydrogens (tertiary/aromatic N) is 1. The van der Waals surface area contributed by atoms with Gasteiger partial charge in [-0.2, -0.15) is 0 Å². The van der Waals surface area contributed by atoms with Crippen molar-refractivity contribution in [2.45, 2.75) is 31.3 Å². The van der Waals surface area contributed by atoms with Crippen LogP contribution in [0.2, 0.25) is 0 Å². The number of phenolic OH excluding ortho intramolecular Hbond substituents is 1. The van der Waals surface area contributed by atoms with E-state index < -0.39 is 54.8 Å². The van der Waals surface area contributed by atoms with E-state index in [-0.39, 0.29) is 69.8 Å². The van der Waals surface area contributed by atoms with Crippen LogP contribution in [0.1, 0.15) is 29.6 Å². The van der Waals surface area contributed by atoms with Crippen molar-refractivity contribution in [1.82, 2.24) is 16.0 Å². The highest BCUT2D eigenvalue weighted by molar-refractivity contribution is 7.80. The third-order valence-corrected chi connectivity index (χ3v) is 7.68. The molecular formula is C33H33N7O11S. The van der Waals surface area contributed by atoms with Gasteiger partial charge in [-0.1, -0.05) is 6.07 Å². The molecule has 272 valence electrons. The summed E-state index contributed by atoms with van der Waals surface area (Å²) in [6.45, 7) is -0.553. The van der Waals surface area contributed by atoms with E-state index in [1.54, 1.807) is 6.07 Å². The Morgan fingerprint density at radius 1 is 0.904 bits per heavy atom. The molecule has 4 rings (SSSR count). The first kappa shape index (κ1) is 38.0. The number of aromatic carboxylic acids is 1. The summed E-state index contributed by atoms with van der Waals surface area (Å²) in [5.74, 6) is -6.13. The Bertz CT molecular complexity index is 2110. The number of rotatable bonds is 15. The highest BCUT2D eigenvalue weighted by Gasteiger charge is 2.26. The summed E-state index contributed by atoms with van der Waals surface area (Å²) in [6.07, 6.45) is -0.524. The number of nitrogens with one attached hydrogen (secondary N) is 4. The standard InChI is InChI=1S/C33H33N7O11S/c34-32(35)36-9-1-2-22(29(46)37-14-26(43)39-23(31(49)50)13-27(44)45)40-33(52)38-15-3-6-18(21(10-15)30(47)48)28-19-7-4-16(41)11-24(19)51-25-12-17(42)5-8-20(25)28/h3-8,10-12,22-23,41H,1-2,9,13-14H2,(H,37,46)(H,39,43)(H,44,45)(H,47,48)(H,49,50)(H4,34,35,36)(H2,38,40,52)/t22-,23-/m0/s1. The number of carboxylic acids is 3. The molecule has 0 saturated heterocycles. The third kappa shape index (κ3) is 9.91. The largest absolute Gasteiger partial charge is 0.508 e. The van der Waals surface area contributed by atoms with Crippen LogP contribution in [0, 0.1) is 0 Å². The summed E-state index contributed by atoms with van der Waals surface area (Å²) < 4.78 is 5.86. The number of aliphatic carboxylic acids is 2. The van der Waals surface area contributed by atoms with Crippen molar-refractivity contribution in [2.24, 2.45) is 16.5 Å². The number of anilines is 1. The van der Waals surface area contributed by atoms with Crippen LogP contribution in [0.25, 0.3) is 33.4 Å². The summed E-state index contributed by atoms with van der Waals surface area (Å²) >= 11 is 5.42. The molecule has 1 aliphatic carbocycles. The van der Waals surface area contributed by atoms with Gasteiger partial charge in [0.15, 0.2) is 16.5 Å². The number of hydrogen-bond acceptors (Lipinski definition) is 10. The van der Waals surface area contributed by atoms with Gasteiger partial charge in [-0.15, -0.1) is 0 Å². The van der Waals surface area contributed by atoms with Crippen LogP contribution in [-0.4, -0.2) is 86.4 Å². The molecule has 1 heterocycles. The fraction of sp³-hybridized carbons (Fsp3) is 0.212. The van der Waals surface area contributed by atoms with Crippen molar-refractivity contribution in [3.63, 3.8) is 0 Å². The van der Waals surface area contributed by atoms with E-state index in [2.05, 4.69) is 20.9 Å². The molecule has 0 fully saturated rings. The number of nitrogens with two attached hydrogens (primary N) is 2. The SMILES string of the molecule is NC(N)=NCCC[C@H](NC(=S)Nc1ccc(-c2c3ccc(=O)cc-3oc3cc(O)ccc23)c(C(=O)O)c1)C(=O)NCC(=O)N[C@@H](CC(=O)O)C(=O)O. The Kier molecular flexibility index (Phi) is 12.3. The van der Waals surface area contributed by atoms with E-state index in [4.69, 9.17) is 38.3 Å². The number of phenols is 1. The monoisotopic (exact) mass is 735 g/mol. The zero-order valence-electron chi connectivity index (χ0n) is 27.0. The third-order valence-electron chi connectivity index (χ3n) is 7.46. The smallest absolute Gasteiger partial charge is 0.336 e. The highest BCUT2D eigenvalue weighted by Crippen LogP contribution is 2.42. The number of aliphatic imine (C=N–C) groups is 1. The van der Waals surface area contributed by atoms with Crippen LogP contribution in [0.5, 0.6) is 5.75 Å². The second-order valence-electron chi connectivity index (χ2n) is 11.3. The maximum atomic E-state index is 13.1. The topological polar surface area (TPSA) is 309 Å². The first-order valence-corrected chi connectivity index (χ1v) is 15.8. The van der Waals surface area contributed by atoms with Crippen molar-refractivity contribution in [3.8, 4) is 28.2 Å². The van der Waals surface area contributed by atoms with E-state index in [9.17, 15) is 39.0 Å². The summed E-state index contributed by atoms with van der Waals surface area (Å²) in [5, 5.41) is 48.7. The van der Waals surface area contributed by atoms with Gasteiger partial charge in [0, 0.05) is 40.9 Å². The molecule has 1 aliphatic heterocycles. The fourth-order valence-corrected chi connectivity index (χ4v) is 5.43. The molecular weight excluding hydrogens is 702 g/mol. The number of thiocarbonyl (C=S) groups is 1. The molecule has 0 radical (unpaired) electrons. The summed E-state index contributed by atoms with van der Waals surface area (Å²) in [5.41, 5.74) is 11.8. The quantitative estimate of drug-likeness (QED) is 0.0266. The van der Waals surface area contributed by atoms with Gasteiger partial charge in [-0.25, -0.2) is 9.59 Å². The predicted octanol–water partition coefficient (Wildman–Crippen LogP) is 0.838. The number of benzene rings is 3. The Morgan fingerprint density at radius 3 is 2.31 bits per heavy atom. The van der Waals surface area contributed by atoms with E-state index in [0.717, 1.165) is 0 Å². The highest BCUT2D eigenvalue weighted by atomic mass is 32.1. The second-order valence-corrected chi connectivity index (χ2v) is 11.7. The molecule has 2 amide bonds. The lowest BCUT2D eigenvalue weighted by molar-refractivity contribution is -0.147. The molecule has 0 bridgehead atoms. The van der Waals surface area contributed by atoms with Gasteiger partial charge in [0.25, 0.3) is 0 Å². The van der Waals surface area contributed by atoms with E-state index in [1.165, 1.54) is 48.5 Å². The minimum absolute atomic E-state index is 0.0853. The lowest BCUT2D eigenvalue weighted by atomic mass is 9.90. The lowest BCUT2D eigenvalue weighted by Crippen LogP contribution is -2.51. The Hall–Kier alpha value is -6.76. The van der Waals surface area contributed by atoms with Gasteiger partial charge in [0.2, 0.25) is 11.8 Å². The number of amides is 2. The van der Waals surface area contributed by atoms with Crippen molar-refractivity contribution in [1.29, 1.82) is 0 Å². The van der Waals surface area contributed by atoms with Crippen LogP contribution in [0.4, 0.5) is 5.69 Å². The van der Waals surface area contributed by atoms with Crippen molar-refractivity contribution in [3.05, 3.63) is 70.4 Å². The van der Waals surface area contributed by atoms with Crippen LogP contribution >= 0.6 is 12.2 Å². The van der Waals surface area contributed by atoms with Gasteiger partial charge in [-0.05, 0) is 67.0 Å². The van der Waals surface area contributed by atoms with Gasteiger partial charge >= 0.3 is 17.9 Å². The van der Waals surface area contributed by atoms with Crippen molar-refractivity contribution >= 4 is 69.7 Å². The zero-order valence-corrected chi connectivity index (χ0v) is 27.9. The summed E-state index contributed by atoms with van der Waals surface area (Å²) in [7, 11) is 0. The van der Waals surface area contributed by atoms with Crippen LogP contribution in [-0.2, 0) is 19.2 Å². The van der Waals surface area contributed by atoms with E-state index >= 15 is 0 Å². The van der Waals surface area contributed by atoms with Gasteiger partial charge < -0.3 is 57.6 Å². The lowest BCUT2D eigenvalue weighted by Gasteiger charge is -2.21. The molecule has 0 saturated carbocycles. The molecule has 2 atom stereocenters. The average Bonchev–Trinajstić information content (AvgIpc) is 3.06. The number of aromatic hydroxyl groups is 1. The van der Waals surface area contributed by atoms with Crippen molar-refractivity contribution in [2.75, 3.05) is 18.4 Å². The molecule has 0 aromatic heterocycles. The van der Waals surface area contributed by atoms with Gasteiger partial charge in [0.1, 0.15) is 29.2 Å². The first-order chi connectivity index (χ1) is 24.6. The normalized spacial score (nSPS) is 11.9. The Balaban J connectivity index is 1.56. The fourth-order valence-electron chi connectivity index (χ4n) is 5.17. The average molecular weight is 736 g/mol. The van der Waals surface area contributed by atoms with E-state index in [0.29, 0.717) is 16.5 Å². The minimum atomic E-state index is -1.72. The summed E-state index contributed by atoms with van der Waals surface area (Å²) in [4.78, 5) is 76.2.